The SMILES string of the molecule is CN1/C(=C\C=C2/CCCC(/C=C/C3=[N+](C)c4ccc(S(=O)(=O)[O-])cc4C3(C)C)=C2Sc2ccccc2)C(C)(CCCCCC(=O)ON2C(=O)CCC2=O)c2cc(S(=O)(=O)N(C)C)ccc21. The zero-order chi connectivity index (χ0) is 47.1. The third-order valence-electron chi connectivity index (χ3n) is 13.0. The van der Waals surface area contributed by atoms with Gasteiger partial charge in [-0.25, -0.2) is 25.9 Å². The smallest absolute Gasteiger partial charge is 0.333 e. The number of benzene rings is 3. The molecule has 0 radical (unpaired) electrons. The molecule has 3 aromatic rings. The van der Waals surface area contributed by atoms with Crippen LogP contribution in [0.3, 0.4) is 0 Å². The molecule has 1 saturated heterocycles. The molecule has 16 heteroatoms. The normalized spacial score (nSPS) is 21.2. The molecular weight excluding hydrogens is 885 g/mol. The van der Waals surface area contributed by atoms with Gasteiger partial charge in [0.15, 0.2) is 5.71 Å². The van der Waals surface area contributed by atoms with Crippen LogP contribution in [0.25, 0.3) is 0 Å². The summed E-state index contributed by atoms with van der Waals surface area (Å²) < 4.78 is 66.0. The van der Waals surface area contributed by atoms with Crippen molar-refractivity contribution in [1.29, 1.82) is 0 Å². The molecule has 0 aromatic heterocycles. The number of thioether (sulfide) groups is 1. The number of anilines is 1. The van der Waals surface area contributed by atoms with Crippen LogP contribution < -0.4 is 4.90 Å². The van der Waals surface area contributed by atoms with Gasteiger partial charge in [-0.3, -0.25) is 9.59 Å². The number of allylic oxidation sites excluding steroid dienone is 7. The Morgan fingerprint density at radius 2 is 1.54 bits per heavy atom. The first kappa shape index (κ1) is 47.8. The van der Waals surface area contributed by atoms with Crippen molar-refractivity contribution in [3.8, 4) is 0 Å². The van der Waals surface area contributed by atoms with Gasteiger partial charge in [-0.1, -0.05) is 55.0 Å². The fourth-order valence-corrected chi connectivity index (χ4v) is 11.9. The Labute approximate surface area is 387 Å². The lowest BCUT2D eigenvalue weighted by molar-refractivity contribution is -0.401. The van der Waals surface area contributed by atoms with Crippen molar-refractivity contribution in [3.63, 3.8) is 0 Å². The first-order valence-electron chi connectivity index (χ1n) is 21.8. The predicted molar refractivity (Wildman–Crippen MR) is 250 cm³/mol. The first-order chi connectivity index (χ1) is 30.6. The number of rotatable bonds is 15. The maximum Gasteiger partial charge on any atom is 0.333 e. The topological polar surface area (TPSA) is 165 Å². The third kappa shape index (κ3) is 9.59. The third-order valence-corrected chi connectivity index (χ3v) is 16.9. The molecule has 0 bridgehead atoms. The maximum atomic E-state index is 13.4. The van der Waals surface area contributed by atoms with Crippen molar-refractivity contribution >= 4 is 66.8 Å². The molecule has 3 aromatic carbocycles. The summed E-state index contributed by atoms with van der Waals surface area (Å²) in [6.07, 6.45) is 13.8. The van der Waals surface area contributed by atoms with Gasteiger partial charge in [0, 0.05) is 84.7 Å². The van der Waals surface area contributed by atoms with Gasteiger partial charge in [0.1, 0.15) is 17.2 Å². The first-order valence-corrected chi connectivity index (χ1v) is 25.5. The van der Waals surface area contributed by atoms with E-state index < -0.39 is 48.8 Å². The second-order valence-electron chi connectivity index (χ2n) is 17.9. The highest BCUT2D eigenvalue weighted by Crippen LogP contribution is 2.51. The van der Waals surface area contributed by atoms with E-state index in [2.05, 4.69) is 52.8 Å². The highest BCUT2D eigenvalue weighted by molar-refractivity contribution is 8.03. The highest BCUT2D eigenvalue weighted by atomic mass is 32.2. The van der Waals surface area contributed by atoms with Crippen molar-refractivity contribution in [2.75, 3.05) is 33.1 Å². The average molecular weight is 941 g/mol. The van der Waals surface area contributed by atoms with Crippen molar-refractivity contribution in [1.82, 2.24) is 9.37 Å². The lowest BCUT2D eigenvalue weighted by Gasteiger charge is -2.29. The number of sulfonamides is 1. The number of carbonyl (C=O) groups excluding carboxylic acids is 3. The molecule has 3 heterocycles. The molecule has 1 aliphatic carbocycles. The van der Waals surface area contributed by atoms with E-state index in [1.165, 1.54) is 30.5 Å². The molecule has 1 fully saturated rings. The minimum Gasteiger partial charge on any atom is -0.744 e. The number of imide groups is 1. The summed E-state index contributed by atoms with van der Waals surface area (Å²) in [5.41, 5.74) is 6.50. The van der Waals surface area contributed by atoms with Gasteiger partial charge in [0.05, 0.1) is 15.2 Å². The largest absolute Gasteiger partial charge is 0.744 e. The maximum absolute atomic E-state index is 13.4. The van der Waals surface area contributed by atoms with Crippen molar-refractivity contribution in [2.45, 2.75) is 110 Å². The fourth-order valence-electron chi connectivity index (χ4n) is 9.34. The fraction of sp³-hybridized carbons (Fsp3) is 0.388. The molecule has 1 unspecified atom stereocenters. The zero-order valence-corrected chi connectivity index (χ0v) is 40.4. The van der Waals surface area contributed by atoms with Crippen molar-refractivity contribution in [2.24, 2.45) is 0 Å². The second kappa shape index (κ2) is 18.6. The zero-order valence-electron chi connectivity index (χ0n) is 37.9. The van der Waals surface area contributed by atoms with E-state index in [1.54, 1.807) is 30.0 Å². The molecule has 65 heavy (non-hydrogen) atoms. The monoisotopic (exact) mass is 940 g/mol. The molecular formula is C49H56N4O9S3. The summed E-state index contributed by atoms with van der Waals surface area (Å²) in [6, 6.07) is 20.1. The Morgan fingerprint density at radius 3 is 2.22 bits per heavy atom. The minimum absolute atomic E-state index is 0.0306. The van der Waals surface area contributed by atoms with Crippen LogP contribution in [0, 0.1) is 0 Å². The quantitative estimate of drug-likeness (QED) is 0.0622. The van der Waals surface area contributed by atoms with Gasteiger partial charge in [0.25, 0.3) is 11.8 Å². The second-order valence-corrected chi connectivity index (χ2v) is 22.5. The van der Waals surface area contributed by atoms with Crippen LogP contribution in [-0.2, 0) is 50.2 Å². The van der Waals surface area contributed by atoms with Gasteiger partial charge in [-0.15, -0.1) is 5.06 Å². The molecule has 0 saturated carbocycles. The molecule has 4 aliphatic rings. The Bertz CT molecular complexity index is 2810. The summed E-state index contributed by atoms with van der Waals surface area (Å²) in [5, 5.41) is 0.571. The number of likely N-dealkylation sites (N-methyl/N-ethyl adjacent to an activating group) is 1. The standard InChI is InChI=1S/C49H56N4O9S3/c1-48(2)38-32-37(65(59,60)61)23-25-40(38)51(6)42(48)26-20-33-15-14-16-34(47(33)63-35-17-10-8-11-18-35)21-27-43-49(3,30-13-9-12-19-46(56)62-53-44(54)28-29-45(53)55)39-31-36(64(57,58)50(4)5)22-24-41(39)52(43)7/h8,10-11,17-18,20-27,31-32H,9,12-16,19,28-30H2,1-7H3. The Kier molecular flexibility index (Phi) is 13.7. The van der Waals surface area contributed by atoms with Gasteiger partial charge >= 0.3 is 5.97 Å². The number of unbranched alkanes of at least 4 members (excludes halogenated alkanes) is 2. The lowest BCUT2D eigenvalue weighted by Crippen LogP contribution is -2.31. The van der Waals surface area contributed by atoms with Crippen LogP contribution in [0.1, 0.15) is 96.1 Å². The molecule has 2 amide bonds. The Balaban J connectivity index is 1.22. The Hall–Kier alpha value is -5.13. The van der Waals surface area contributed by atoms with Gasteiger partial charge in [0.2, 0.25) is 15.7 Å². The van der Waals surface area contributed by atoms with E-state index in [1.807, 2.05) is 52.2 Å². The van der Waals surface area contributed by atoms with Crippen LogP contribution in [0.4, 0.5) is 11.4 Å². The molecule has 344 valence electrons. The van der Waals surface area contributed by atoms with E-state index >= 15 is 0 Å². The number of hydrogen-bond donors (Lipinski definition) is 0. The number of carbonyl (C=O) groups is 3. The number of hydrogen-bond acceptors (Lipinski definition) is 11. The van der Waals surface area contributed by atoms with Crippen LogP contribution in [0.5, 0.6) is 0 Å². The summed E-state index contributed by atoms with van der Waals surface area (Å²) in [4.78, 5) is 45.9. The van der Waals surface area contributed by atoms with Crippen molar-refractivity contribution in [3.05, 3.63) is 124 Å². The molecule has 7 rings (SSSR count). The van der Waals surface area contributed by atoms with Crippen LogP contribution in [0.2, 0.25) is 0 Å². The highest BCUT2D eigenvalue weighted by Gasteiger charge is 2.44. The predicted octanol–water partition coefficient (Wildman–Crippen LogP) is 8.41. The van der Waals surface area contributed by atoms with E-state index in [0.717, 1.165) is 74.1 Å². The summed E-state index contributed by atoms with van der Waals surface area (Å²) in [5.74, 6) is -1.67. The number of amides is 2. The van der Waals surface area contributed by atoms with Gasteiger partial charge in [-0.2, -0.15) is 4.58 Å². The molecule has 0 spiro atoms. The van der Waals surface area contributed by atoms with Crippen LogP contribution in [0.15, 0.2) is 127 Å². The van der Waals surface area contributed by atoms with E-state index in [0.29, 0.717) is 30.7 Å². The summed E-state index contributed by atoms with van der Waals surface area (Å²) in [7, 11) is -1.38. The lowest BCUT2D eigenvalue weighted by atomic mass is 9.77. The van der Waals surface area contributed by atoms with Crippen molar-refractivity contribution < 1.29 is 45.2 Å². The Morgan fingerprint density at radius 1 is 0.862 bits per heavy atom. The molecule has 3 aliphatic heterocycles. The van der Waals surface area contributed by atoms with Gasteiger partial charge < -0.3 is 14.3 Å². The minimum atomic E-state index is -4.63. The average Bonchev–Trinajstić information content (AvgIpc) is 3.76. The molecule has 1 atom stereocenters. The summed E-state index contributed by atoms with van der Waals surface area (Å²) in [6.45, 7) is 6.20. The van der Waals surface area contributed by atoms with Gasteiger partial charge in [-0.05, 0) is 118 Å². The molecule has 0 N–H and O–H groups in total. The number of nitrogens with zero attached hydrogens (tertiary/aromatic N) is 4. The number of hydroxylamine groups is 2. The van der Waals surface area contributed by atoms with Crippen LogP contribution in [-0.4, -0.2) is 87.0 Å². The number of fused-ring (bicyclic) bond motifs is 2. The van der Waals surface area contributed by atoms with E-state index in [-0.39, 0.29) is 29.1 Å². The summed E-state index contributed by atoms with van der Waals surface area (Å²) >= 11 is 1.71. The van der Waals surface area contributed by atoms with Crippen LogP contribution >= 0.6 is 11.8 Å². The molecule has 13 nitrogen and oxygen atoms in total. The van der Waals surface area contributed by atoms with E-state index in [9.17, 15) is 35.8 Å². The van der Waals surface area contributed by atoms with E-state index in [4.69, 9.17) is 4.84 Å².